The van der Waals surface area contributed by atoms with Crippen LogP contribution in [0.3, 0.4) is 0 Å². The highest BCUT2D eigenvalue weighted by molar-refractivity contribution is 14.1. The largest absolute Gasteiger partial charge is 0.463 e. The van der Waals surface area contributed by atoms with E-state index in [0.29, 0.717) is 19.1 Å². The Balaban J connectivity index is 2.07. The van der Waals surface area contributed by atoms with Gasteiger partial charge in [0, 0.05) is 10.8 Å². The second-order valence-corrected chi connectivity index (χ2v) is 4.78. The van der Waals surface area contributed by atoms with Crippen LogP contribution >= 0.6 is 22.6 Å². The fourth-order valence-corrected chi connectivity index (χ4v) is 2.24. The molecule has 0 aromatic carbocycles. The van der Waals surface area contributed by atoms with Crippen molar-refractivity contribution in [1.29, 1.82) is 0 Å². The molecule has 0 amide bonds. The molecule has 1 aliphatic rings. The lowest BCUT2D eigenvalue weighted by molar-refractivity contribution is -0.147. The topological polar surface area (TPSA) is 35.5 Å². The maximum atomic E-state index is 11.2. The van der Waals surface area contributed by atoms with E-state index in [0.717, 1.165) is 30.1 Å². The van der Waals surface area contributed by atoms with Gasteiger partial charge in [0.1, 0.15) is 6.61 Å². The van der Waals surface area contributed by atoms with Gasteiger partial charge in [0.25, 0.3) is 0 Å². The third kappa shape index (κ3) is 5.15. The fraction of sp³-hybridized carbons (Fsp3) is 0.909. The van der Waals surface area contributed by atoms with Crippen LogP contribution in [0.1, 0.15) is 39.0 Å². The van der Waals surface area contributed by atoms with Crippen molar-refractivity contribution in [3.05, 3.63) is 0 Å². The zero-order valence-electron chi connectivity index (χ0n) is 9.21. The summed E-state index contributed by atoms with van der Waals surface area (Å²) in [6.45, 7) is 2.51. The summed E-state index contributed by atoms with van der Waals surface area (Å²) in [5.74, 6) is -0.0848. The molecule has 1 rings (SSSR count). The summed E-state index contributed by atoms with van der Waals surface area (Å²) < 4.78 is 11.9. The van der Waals surface area contributed by atoms with Gasteiger partial charge < -0.3 is 9.47 Å². The van der Waals surface area contributed by atoms with Gasteiger partial charge in [-0.05, 0) is 19.3 Å². The number of carbonyl (C=O) groups excluding carboxylic acids is 1. The zero-order chi connectivity index (χ0) is 11.1. The summed E-state index contributed by atoms with van der Waals surface area (Å²) in [5, 5.41) is 0. The fourth-order valence-electron chi connectivity index (χ4n) is 1.60. The lowest BCUT2D eigenvalue weighted by Crippen LogP contribution is -2.20. The van der Waals surface area contributed by atoms with Crippen LogP contribution < -0.4 is 0 Å². The summed E-state index contributed by atoms with van der Waals surface area (Å²) in [7, 11) is 0. The van der Waals surface area contributed by atoms with Crippen molar-refractivity contribution in [1.82, 2.24) is 0 Å². The highest BCUT2D eigenvalue weighted by atomic mass is 127. The second kappa shape index (κ2) is 7.44. The Kier molecular flexibility index (Phi) is 6.56. The van der Waals surface area contributed by atoms with Gasteiger partial charge in [-0.3, -0.25) is 4.79 Å². The van der Waals surface area contributed by atoms with E-state index < -0.39 is 0 Å². The van der Waals surface area contributed by atoms with E-state index in [1.165, 1.54) is 0 Å². The number of hydrogen-bond acceptors (Lipinski definition) is 3. The maximum absolute atomic E-state index is 11.2. The summed E-state index contributed by atoms with van der Waals surface area (Å²) in [4.78, 5) is 11.2. The number of unbranched alkanes of at least 4 members (excludes halogenated alkanes) is 1. The summed E-state index contributed by atoms with van der Waals surface area (Å²) in [6, 6.07) is 0. The number of hydrogen-bond donors (Lipinski definition) is 0. The Labute approximate surface area is 105 Å². The summed E-state index contributed by atoms with van der Waals surface area (Å²) >= 11 is 2.33. The molecule has 15 heavy (non-hydrogen) atoms. The Morgan fingerprint density at radius 3 is 2.80 bits per heavy atom. The van der Waals surface area contributed by atoms with Gasteiger partial charge in [0.2, 0.25) is 0 Å². The molecule has 3 nitrogen and oxygen atoms in total. The maximum Gasteiger partial charge on any atom is 0.305 e. The first-order valence-electron chi connectivity index (χ1n) is 5.63. The molecule has 0 unspecified atom stereocenters. The first kappa shape index (κ1) is 13.2. The molecule has 0 spiro atoms. The van der Waals surface area contributed by atoms with Crippen molar-refractivity contribution >= 4 is 28.6 Å². The predicted octanol–water partition coefficient (Wildman–Crippen LogP) is 2.70. The Bertz CT molecular complexity index is 196. The summed E-state index contributed by atoms with van der Waals surface area (Å²) in [5.41, 5.74) is 0. The van der Waals surface area contributed by atoms with E-state index in [4.69, 9.17) is 9.47 Å². The van der Waals surface area contributed by atoms with Crippen LogP contribution in [0.15, 0.2) is 0 Å². The van der Waals surface area contributed by atoms with Crippen LogP contribution in [0.5, 0.6) is 0 Å². The lowest BCUT2D eigenvalue weighted by Gasteiger charge is -2.12. The van der Waals surface area contributed by atoms with E-state index in [-0.39, 0.29) is 12.1 Å². The van der Waals surface area contributed by atoms with Crippen LogP contribution in [0.2, 0.25) is 0 Å². The average molecular weight is 326 g/mol. The highest BCUT2D eigenvalue weighted by Crippen LogP contribution is 2.21. The molecule has 0 aliphatic carbocycles. The quantitative estimate of drug-likeness (QED) is 0.428. The van der Waals surface area contributed by atoms with Crippen LogP contribution in [0, 0.1) is 0 Å². The Morgan fingerprint density at radius 2 is 2.20 bits per heavy atom. The number of ether oxygens (including phenoxy) is 2. The van der Waals surface area contributed by atoms with Crippen LogP contribution in [-0.4, -0.2) is 29.2 Å². The van der Waals surface area contributed by atoms with Gasteiger partial charge in [0.15, 0.2) is 0 Å². The van der Waals surface area contributed by atoms with E-state index in [1.54, 1.807) is 0 Å². The number of carbonyl (C=O) groups is 1. The van der Waals surface area contributed by atoms with Crippen LogP contribution in [0.25, 0.3) is 0 Å². The third-order valence-corrected chi connectivity index (χ3v) is 3.51. The minimum absolute atomic E-state index is 0.0848. The van der Waals surface area contributed by atoms with E-state index >= 15 is 0 Å². The number of alkyl halides is 1. The Hall–Kier alpha value is 0.160. The van der Waals surface area contributed by atoms with E-state index in [1.807, 2.05) is 0 Å². The van der Waals surface area contributed by atoms with Gasteiger partial charge >= 0.3 is 5.97 Å². The molecule has 88 valence electrons. The van der Waals surface area contributed by atoms with E-state index in [9.17, 15) is 4.79 Å². The zero-order valence-corrected chi connectivity index (χ0v) is 11.4. The standard InChI is InChI=1S/C11H19IO3/c1-2-3-4-11(13)14-8-10-6-5-9(7-12)15-10/h9-10H,2-8H2,1H3/t9-,10-/m0/s1. The van der Waals surface area contributed by atoms with Gasteiger partial charge in [-0.2, -0.15) is 0 Å². The van der Waals surface area contributed by atoms with Gasteiger partial charge in [-0.15, -0.1) is 0 Å². The molecule has 0 bridgehead atoms. The van der Waals surface area contributed by atoms with Crippen molar-refractivity contribution in [3.63, 3.8) is 0 Å². The average Bonchev–Trinajstić information content (AvgIpc) is 2.71. The lowest BCUT2D eigenvalue weighted by atomic mass is 10.2. The minimum Gasteiger partial charge on any atom is -0.463 e. The van der Waals surface area contributed by atoms with Gasteiger partial charge in [-0.1, -0.05) is 35.9 Å². The third-order valence-electron chi connectivity index (χ3n) is 2.53. The minimum atomic E-state index is -0.0848. The molecular formula is C11H19IO3. The van der Waals surface area contributed by atoms with Crippen molar-refractivity contribution in [2.75, 3.05) is 11.0 Å². The van der Waals surface area contributed by atoms with Crippen molar-refractivity contribution in [2.24, 2.45) is 0 Å². The molecule has 0 N–H and O–H groups in total. The second-order valence-electron chi connectivity index (χ2n) is 3.90. The molecule has 1 saturated heterocycles. The number of esters is 1. The van der Waals surface area contributed by atoms with Gasteiger partial charge in [-0.25, -0.2) is 0 Å². The molecule has 0 aromatic rings. The molecule has 0 radical (unpaired) electrons. The smallest absolute Gasteiger partial charge is 0.305 e. The van der Waals surface area contributed by atoms with Crippen molar-refractivity contribution < 1.29 is 14.3 Å². The van der Waals surface area contributed by atoms with Crippen LogP contribution in [-0.2, 0) is 14.3 Å². The molecule has 2 atom stereocenters. The molecule has 0 saturated carbocycles. The number of rotatable bonds is 6. The van der Waals surface area contributed by atoms with Gasteiger partial charge in [0.05, 0.1) is 12.2 Å². The first-order chi connectivity index (χ1) is 7.26. The molecule has 0 aromatic heterocycles. The SMILES string of the molecule is CCCCC(=O)OC[C@@H]1CC[C@@H](CI)O1. The summed E-state index contributed by atoms with van der Waals surface area (Å²) in [6.07, 6.45) is 5.11. The molecule has 4 heteroatoms. The monoisotopic (exact) mass is 326 g/mol. The van der Waals surface area contributed by atoms with Crippen LogP contribution in [0.4, 0.5) is 0 Å². The Morgan fingerprint density at radius 1 is 1.47 bits per heavy atom. The van der Waals surface area contributed by atoms with Crippen molar-refractivity contribution in [2.45, 2.75) is 51.2 Å². The first-order valence-corrected chi connectivity index (χ1v) is 7.15. The molecule has 1 fully saturated rings. The van der Waals surface area contributed by atoms with E-state index in [2.05, 4.69) is 29.5 Å². The normalized spacial score (nSPS) is 25.5. The molecular weight excluding hydrogens is 307 g/mol. The number of halogens is 1. The predicted molar refractivity (Wildman–Crippen MR) is 67.3 cm³/mol. The van der Waals surface area contributed by atoms with Crippen molar-refractivity contribution in [3.8, 4) is 0 Å². The molecule has 1 aliphatic heterocycles. The molecule has 1 heterocycles. The highest BCUT2D eigenvalue weighted by Gasteiger charge is 2.25.